The molecule has 0 aliphatic carbocycles. The van der Waals surface area contributed by atoms with E-state index in [0.717, 1.165) is 46.2 Å². The van der Waals surface area contributed by atoms with Crippen LogP contribution in [-0.4, -0.2) is 21.1 Å². The Hall–Kier alpha value is -2.57. The third-order valence-corrected chi connectivity index (χ3v) is 5.92. The lowest BCUT2D eigenvalue weighted by Gasteiger charge is -2.12. The molecule has 0 bridgehead atoms. The van der Waals surface area contributed by atoms with Crippen LogP contribution < -0.4 is 10.9 Å². The number of benzene rings is 1. The molecule has 4 aromatic rings. The van der Waals surface area contributed by atoms with Crippen LogP contribution >= 0.6 is 11.3 Å². The molecule has 0 saturated heterocycles. The zero-order valence-electron chi connectivity index (χ0n) is 13.5. The molecule has 4 heterocycles. The van der Waals surface area contributed by atoms with E-state index in [2.05, 4.69) is 15.3 Å². The average molecular weight is 348 g/mol. The fourth-order valence-corrected chi connectivity index (χ4v) is 4.69. The zero-order valence-corrected chi connectivity index (χ0v) is 14.3. The van der Waals surface area contributed by atoms with Gasteiger partial charge in [0.25, 0.3) is 5.56 Å². The molecule has 25 heavy (non-hydrogen) atoms. The van der Waals surface area contributed by atoms with Gasteiger partial charge in [-0.3, -0.25) is 14.3 Å². The van der Waals surface area contributed by atoms with Gasteiger partial charge in [-0.05, 0) is 36.2 Å². The SMILES string of the molecule is O=c1c2c3c(sc2ncn1Cc1ccnc2ccccc12)CNCC3. The number of para-hydroxylation sites is 1. The number of nitrogens with one attached hydrogen (secondary N) is 1. The molecule has 0 radical (unpaired) electrons. The van der Waals surface area contributed by atoms with Crippen LogP contribution in [0.4, 0.5) is 0 Å². The lowest BCUT2D eigenvalue weighted by atomic mass is 10.1. The van der Waals surface area contributed by atoms with E-state index in [4.69, 9.17) is 0 Å². The molecule has 6 heteroatoms. The van der Waals surface area contributed by atoms with E-state index < -0.39 is 0 Å². The minimum Gasteiger partial charge on any atom is -0.312 e. The summed E-state index contributed by atoms with van der Waals surface area (Å²) in [5.41, 5.74) is 3.27. The predicted octanol–water partition coefficient (Wildman–Crippen LogP) is 2.70. The van der Waals surface area contributed by atoms with Gasteiger partial charge in [0, 0.05) is 23.0 Å². The maximum atomic E-state index is 13.1. The largest absolute Gasteiger partial charge is 0.312 e. The van der Waals surface area contributed by atoms with Gasteiger partial charge in [-0.2, -0.15) is 0 Å². The van der Waals surface area contributed by atoms with Crippen molar-refractivity contribution in [1.82, 2.24) is 19.9 Å². The Morgan fingerprint density at radius 1 is 1.20 bits per heavy atom. The Morgan fingerprint density at radius 2 is 2.12 bits per heavy atom. The second kappa shape index (κ2) is 5.75. The van der Waals surface area contributed by atoms with E-state index in [1.165, 1.54) is 10.4 Å². The van der Waals surface area contributed by atoms with Crippen LogP contribution in [0.25, 0.3) is 21.1 Å². The van der Waals surface area contributed by atoms with E-state index in [-0.39, 0.29) is 5.56 Å². The van der Waals surface area contributed by atoms with Crippen molar-refractivity contribution in [3.05, 3.63) is 69.2 Å². The van der Waals surface area contributed by atoms with Crippen LogP contribution in [0.1, 0.15) is 16.0 Å². The molecule has 0 amide bonds. The normalized spacial score (nSPS) is 14.1. The van der Waals surface area contributed by atoms with Crippen molar-refractivity contribution < 1.29 is 0 Å². The van der Waals surface area contributed by atoms with E-state index in [1.54, 1.807) is 28.4 Å². The van der Waals surface area contributed by atoms with E-state index in [9.17, 15) is 4.79 Å². The van der Waals surface area contributed by atoms with Crippen molar-refractivity contribution in [2.75, 3.05) is 6.54 Å². The molecule has 5 nitrogen and oxygen atoms in total. The topological polar surface area (TPSA) is 59.8 Å². The molecule has 1 aliphatic rings. The van der Waals surface area contributed by atoms with Crippen molar-refractivity contribution in [2.45, 2.75) is 19.5 Å². The van der Waals surface area contributed by atoms with Gasteiger partial charge in [-0.25, -0.2) is 4.98 Å². The minimum atomic E-state index is 0.0605. The fraction of sp³-hybridized carbons (Fsp3) is 0.211. The van der Waals surface area contributed by atoms with Crippen molar-refractivity contribution >= 4 is 32.5 Å². The molecule has 5 rings (SSSR count). The van der Waals surface area contributed by atoms with Gasteiger partial charge in [-0.15, -0.1) is 11.3 Å². The highest BCUT2D eigenvalue weighted by atomic mass is 32.1. The number of hydrogen-bond donors (Lipinski definition) is 1. The first-order chi connectivity index (χ1) is 12.3. The maximum absolute atomic E-state index is 13.1. The molecule has 1 aliphatic heterocycles. The molecule has 3 aromatic heterocycles. The van der Waals surface area contributed by atoms with Crippen LogP contribution in [0.5, 0.6) is 0 Å². The summed E-state index contributed by atoms with van der Waals surface area (Å²) in [7, 11) is 0. The first-order valence-electron chi connectivity index (χ1n) is 8.34. The van der Waals surface area contributed by atoms with Gasteiger partial charge in [0.1, 0.15) is 4.83 Å². The van der Waals surface area contributed by atoms with E-state index in [0.29, 0.717) is 6.54 Å². The molecule has 0 fully saturated rings. The van der Waals surface area contributed by atoms with Gasteiger partial charge in [0.05, 0.1) is 23.8 Å². The second-order valence-corrected chi connectivity index (χ2v) is 7.36. The van der Waals surface area contributed by atoms with E-state index in [1.807, 2.05) is 30.3 Å². The summed E-state index contributed by atoms with van der Waals surface area (Å²) in [5.74, 6) is 0. The molecule has 124 valence electrons. The second-order valence-electron chi connectivity index (χ2n) is 6.28. The first kappa shape index (κ1) is 14.7. The van der Waals surface area contributed by atoms with E-state index >= 15 is 0 Å². The Morgan fingerprint density at radius 3 is 3.08 bits per heavy atom. The number of hydrogen-bond acceptors (Lipinski definition) is 5. The zero-order chi connectivity index (χ0) is 16.8. The van der Waals surface area contributed by atoms with Crippen LogP contribution in [-0.2, 0) is 19.5 Å². The first-order valence-corrected chi connectivity index (χ1v) is 9.16. The number of pyridine rings is 1. The summed E-state index contributed by atoms with van der Waals surface area (Å²) in [6.07, 6.45) is 4.37. The molecular formula is C19H16N4OS. The minimum absolute atomic E-state index is 0.0605. The van der Waals surface area contributed by atoms with Crippen LogP contribution in [0.3, 0.4) is 0 Å². The summed E-state index contributed by atoms with van der Waals surface area (Å²) in [6, 6.07) is 9.99. The number of rotatable bonds is 2. The standard InChI is InChI=1S/C19H16N4OS/c24-19-17-14-6-7-20-9-16(14)25-18(17)22-11-23(19)10-12-5-8-21-15-4-2-1-3-13(12)15/h1-5,8,11,20H,6-7,9-10H2. The third kappa shape index (κ3) is 2.37. The van der Waals surface area contributed by atoms with Gasteiger partial charge in [0.15, 0.2) is 0 Å². The third-order valence-electron chi connectivity index (χ3n) is 4.78. The molecule has 0 unspecified atom stereocenters. The summed E-state index contributed by atoms with van der Waals surface area (Å²) >= 11 is 1.63. The van der Waals surface area contributed by atoms with Gasteiger partial charge in [-0.1, -0.05) is 18.2 Å². The lowest BCUT2D eigenvalue weighted by molar-refractivity contribution is 0.656. The number of fused-ring (bicyclic) bond motifs is 4. The molecule has 0 saturated carbocycles. The predicted molar refractivity (Wildman–Crippen MR) is 100 cm³/mol. The van der Waals surface area contributed by atoms with Gasteiger partial charge < -0.3 is 5.32 Å². The molecule has 0 atom stereocenters. The molecule has 1 N–H and O–H groups in total. The maximum Gasteiger partial charge on any atom is 0.262 e. The quantitative estimate of drug-likeness (QED) is 0.605. The Kier molecular flexibility index (Phi) is 3.39. The lowest BCUT2D eigenvalue weighted by Crippen LogP contribution is -2.25. The van der Waals surface area contributed by atoms with Crippen molar-refractivity contribution in [3.63, 3.8) is 0 Å². The van der Waals surface area contributed by atoms with Gasteiger partial charge >= 0.3 is 0 Å². The molecule has 1 aromatic carbocycles. The van der Waals surface area contributed by atoms with Gasteiger partial charge in [0.2, 0.25) is 0 Å². The number of thiophene rings is 1. The molecule has 0 spiro atoms. The Balaban J connectivity index is 1.66. The Labute approximate surface area is 148 Å². The monoisotopic (exact) mass is 348 g/mol. The average Bonchev–Trinajstić information content (AvgIpc) is 3.03. The van der Waals surface area contributed by atoms with Crippen molar-refractivity contribution in [1.29, 1.82) is 0 Å². The summed E-state index contributed by atoms with van der Waals surface area (Å²) in [4.78, 5) is 24.2. The summed E-state index contributed by atoms with van der Waals surface area (Å²) in [6.45, 7) is 2.26. The molecular weight excluding hydrogens is 332 g/mol. The van der Waals surface area contributed by atoms with Crippen LogP contribution in [0, 0.1) is 0 Å². The number of nitrogens with zero attached hydrogens (tertiary/aromatic N) is 3. The Bertz CT molecular complexity index is 1160. The summed E-state index contributed by atoms with van der Waals surface area (Å²) < 4.78 is 1.72. The van der Waals surface area contributed by atoms with Crippen molar-refractivity contribution in [3.8, 4) is 0 Å². The highest BCUT2D eigenvalue weighted by Crippen LogP contribution is 2.29. The number of aromatic nitrogens is 3. The highest BCUT2D eigenvalue weighted by molar-refractivity contribution is 7.18. The van der Waals surface area contributed by atoms with Crippen molar-refractivity contribution in [2.24, 2.45) is 0 Å². The fourth-order valence-electron chi connectivity index (χ4n) is 3.54. The summed E-state index contributed by atoms with van der Waals surface area (Å²) in [5, 5.41) is 5.25. The highest BCUT2D eigenvalue weighted by Gasteiger charge is 2.19. The van der Waals surface area contributed by atoms with Crippen LogP contribution in [0.15, 0.2) is 47.7 Å². The van der Waals surface area contributed by atoms with Crippen LogP contribution in [0.2, 0.25) is 0 Å². The smallest absolute Gasteiger partial charge is 0.262 e.